The van der Waals surface area contributed by atoms with Gasteiger partial charge in [0.1, 0.15) is 5.54 Å². The molecule has 20 heavy (non-hydrogen) atoms. The summed E-state index contributed by atoms with van der Waals surface area (Å²) in [6, 6.07) is 7.47. The number of ether oxygens (including phenoxy) is 1. The molecule has 2 rings (SSSR count). The number of anilines is 1. The molecule has 0 radical (unpaired) electrons. The third-order valence-corrected chi connectivity index (χ3v) is 4.69. The largest absolute Gasteiger partial charge is 0.467 e. The fourth-order valence-corrected chi connectivity index (χ4v) is 3.19. The summed E-state index contributed by atoms with van der Waals surface area (Å²) in [6.45, 7) is 4.44. The summed E-state index contributed by atoms with van der Waals surface area (Å²) in [5, 5.41) is 4.04. The molecule has 0 amide bonds. The lowest BCUT2D eigenvalue weighted by atomic mass is 9.71. The molecule has 1 aromatic carbocycles. The van der Waals surface area contributed by atoms with Crippen LogP contribution in [0.4, 0.5) is 5.69 Å². The first-order valence-corrected chi connectivity index (χ1v) is 7.47. The summed E-state index contributed by atoms with van der Waals surface area (Å²) < 4.78 is 5.04. The maximum atomic E-state index is 12.3. The van der Waals surface area contributed by atoms with Crippen LogP contribution in [0, 0.1) is 11.8 Å². The van der Waals surface area contributed by atoms with Crippen molar-refractivity contribution in [3.05, 3.63) is 29.3 Å². The van der Waals surface area contributed by atoms with E-state index in [0.29, 0.717) is 16.9 Å². The molecule has 1 aliphatic carbocycles. The van der Waals surface area contributed by atoms with Crippen molar-refractivity contribution in [2.24, 2.45) is 11.8 Å². The summed E-state index contributed by atoms with van der Waals surface area (Å²) >= 11 is 6.02. The van der Waals surface area contributed by atoms with Crippen molar-refractivity contribution < 1.29 is 9.53 Å². The highest BCUT2D eigenvalue weighted by molar-refractivity contribution is 6.30. The van der Waals surface area contributed by atoms with Crippen LogP contribution in [0.2, 0.25) is 5.02 Å². The molecule has 1 aromatic rings. The molecule has 0 aromatic heterocycles. The van der Waals surface area contributed by atoms with Crippen LogP contribution in [0.15, 0.2) is 24.3 Å². The van der Waals surface area contributed by atoms with Gasteiger partial charge in [0.05, 0.1) is 7.11 Å². The van der Waals surface area contributed by atoms with Gasteiger partial charge < -0.3 is 10.1 Å². The van der Waals surface area contributed by atoms with Crippen molar-refractivity contribution in [2.75, 3.05) is 12.4 Å². The van der Waals surface area contributed by atoms with Gasteiger partial charge in [-0.1, -0.05) is 31.5 Å². The molecule has 3 atom stereocenters. The zero-order valence-electron chi connectivity index (χ0n) is 12.3. The summed E-state index contributed by atoms with van der Waals surface area (Å²) in [7, 11) is 1.45. The van der Waals surface area contributed by atoms with Gasteiger partial charge in [-0.2, -0.15) is 0 Å². The molecule has 0 aliphatic heterocycles. The first-order chi connectivity index (χ1) is 9.47. The maximum absolute atomic E-state index is 12.3. The van der Waals surface area contributed by atoms with Gasteiger partial charge in [0.2, 0.25) is 0 Å². The summed E-state index contributed by atoms with van der Waals surface area (Å²) in [5.74, 6) is 0.930. The van der Waals surface area contributed by atoms with Gasteiger partial charge in [-0.05, 0) is 49.3 Å². The summed E-state index contributed by atoms with van der Waals surface area (Å²) in [6.07, 6.45) is 2.59. The predicted octanol–water partition coefficient (Wildman–Crippen LogP) is 4.12. The fourth-order valence-electron chi connectivity index (χ4n) is 3.00. The Balaban J connectivity index is 2.26. The molecule has 1 saturated carbocycles. The van der Waals surface area contributed by atoms with Gasteiger partial charge in [0.15, 0.2) is 0 Å². The number of carbonyl (C=O) groups is 1. The summed E-state index contributed by atoms with van der Waals surface area (Å²) in [4.78, 5) is 12.3. The second-order valence-electron chi connectivity index (χ2n) is 5.91. The van der Waals surface area contributed by atoms with Crippen LogP contribution >= 0.6 is 11.6 Å². The number of halogens is 1. The Hall–Kier alpha value is -1.22. The molecular weight excluding hydrogens is 274 g/mol. The highest BCUT2D eigenvalue weighted by Gasteiger charge is 2.44. The number of hydrogen-bond donors (Lipinski definition) is 1. The molecule has 0 saturated heterocycles. The van der Waals surface area contributed by atoms with Crippen molar-refractivity contribution in [3.8, 4) is 0 Å². The van der Waals surface area contributed by atoms with E-state index < -0.39 is 5.54 Å². The van der Waals surface area contributed by atoms with E-state index in [1.54, 1.807) is 0 Å². The lowest BCUT2D eigenvalue weighted by Gasteiger charge is -2.41. The van der Waals surface area contributed by atoms with Gasteiger partial charge in [-0.25, -0.2) is 4.79 Å². The van der Waals surface area contributed by atoms with Gasteiger partial charge in [0.25, 0.3) is 0 Å². The minimum Gasteiger partial charge on any atom is -0.467 e. The zero-order valence-corrected chi connectivity index (χ0v) is 13.0. The van der Waals surface area contributed by atoms with Crippen molar-refractivity contribution in [2.45, 2.75) is 38.6 Å². The lowest BCUT2D eigenvalue weighted by molar-refractivity contribution is -0.148. The molecule has 1 aliphatic rings. The quantitative estimate of drug-likeness (QED) is 0.853. The smallest absolute Gasteiger partial charge is 0.331 e. The second-order valence-corrected chi connectivity index (χ2v) is 6.34. The van der Waals surface area contributed by atoms with Crippen LogP contribution < -0.4 is 5.32 Å². The Bertz CT molecular complexity index is 491. The van der Waals surface area contributed by atoms with Crippen LogP contribution in [0.25, 0.3) is 0 Å². The Kier molecular flexibility index (Phi) is 4.59. The highest BCUT2D eigenvalue weighted by atomic mass is 35.5. The summed E-state index contributed by atoms with van der Waals surface area (Å²) in [5.41, 5.74) is 0.232. The molecule has 110 valence electrons. The minimum atomic E-state index is -0.634. The number of rotatable bonds is 3. The van der Waals surface area contributed by atoms with Crippen LogP contribution in [0.5, 0.6) is 0 Å². The van der Waals surface area contributed by atoms with E-state index >= 15 is 0 Å². The molecule has 0 bridgehead atoms. The Morgan fingerprint density at radius 3 is 2.75 bits per heavy atom. The van der Waals surface area contributed by atoms with E-state index in [1.165, 1.54) is 7.11 Å². The SMILES string of the molecule is COC(=O)C1(Nc2cccc(Cl)c2)CCC(C)C(C)C1. The van der Waals surface area contributed by atoms with Crippen LogP contribution in [0.1, 0.15) is 33.1 Å². The normalized spacial score (nSPS) is 29.8. The topological polar surface area (TPSA) is 38.3 Å². The maximum Gasteiger partial charge on any atom is 0.331 e. The van der Waals surface area contributed by atoms with Crippen LogP contribution in [0.3, 0.4) is 0 Å². The van der Waals surface area contributed by atoms with E-state index in [-0.39, 0.29) is 5.97 Å². The zero-order chi connectivity index (χ0) is 14.8. The van der Waals surface area contributed by atoms with E-state index in [0.717, 1.165) is 24.9 Å². The van der Waals surface area contributed by atoms with Gasteiger partial charge >= 0.3 is 5.97 Å². The second kappa shape index (κ2) is 6.04. The number of benzene rings is 1. The Morgan fingerprint density at radius 2 is 2.15 bits per heavy atom. The van der Waals surface area contributed by atoms with Crippen molar-refractivity contribution in [1.82, 2.24) is 0 Å². The number of methoxy groups -OCH3 is 1. The molecule has 0 heterocycles. The van der Waals surface area contributed by atoms with E-state index in [2.05, 4.69) is 19.2 Å². The van der Waals surface area contributed by atoms with Crippen molar-refractivity contribution >= 4 is 23.3 Å². The van der Waals surface area contributed by atoms with Crippen LogP contribution in [-0.2, 0) is 9.53 Å². The Morgan fingerprint density at radius 1 is 1.40 bits per heavy atom. The molecule has 1 fully saturated rings. The fraction of sp³-hybridized carbons (Fsp3) is 0.562. The lowest BCUT2D eigenvalue weighted by Crippen LogP contribution is -2.51. The molecular formula is C16H22ClNO2. The highest BCUT2D eigenvalue weighted by Crippen LogP contribution is 2.39. The standard InChI is InChI=1S/C16H22ClNO2/c1-11-7-8-16(10-12(11)2,15(19)20-3)18-14-6-4-5-13(17)9-14/h4-6,9,11-12,18H,7-8,10H2,1-3H3. The van der Waals surface area contributed by atoms with Crippen molar-refractivity contribution in [1.29, 1.82) is 0 Å². The predicted molar refractivity (Wildman–Crippen MR) is 82.0 cm³/mol. The van der Waals surface area contributed by atoms with Gasteiger partial charge in [-0.3, -0.25) is 0 Å². The minimum absolute atomic E-state index is 0.184. The van der Waals surface area contributed by atoms with E-state index in [9.17, 15) is 4.79 Å². The third-order valence-electron chi connectivity index (χ3n) is 4.45. The number of esters is 1. The molecule has 1 N–H and O–H groups in total. The van der Waals surface area contributed by atoms with Gasteiger partial charge in [-0.15, -0.1) is 0 Å². The average molecular weight is 296 g/mol. The third kappa shape index (κ3) is 3.09. The van der Waals surface area contributed by atoms with E-state index in [1.807, 2.05) is 24.3 Å². The van der Waals surface area contributed by atoms with Crippen molar-refractivity contribution in [3.63, 3.8) is 0 Å². The Labute approximate surface area is 125 Å². The van der Waals surface area contributed by atoms with Crippen LogP contribution in [-0.4, -0.2) is 18.6 Å². The average Bonchev–Trinajstić information content (AvgIpc) is 2.42. The van der Waals surface area contributed by atoms with E-state index in [4.69, 9.17) is 16.3 Å². The first-order valence-electron chi connectivity index (χ1n) is 7.09. The number of hydrogen-bond acceptors (Lipinski definition) is 3. The molecule has 0 spiro atoms. The molecule has 3 unspecified atom stereocenters. The first kappa shape index (κ1) is 15.2. The number of nitrogens with one attached hydrogen (secondary N) is 1. The monoisotopic (exact) mass is 295 g/mol. The van der Waals surface area contributed by atoms with Gasteiger partial charge in [0, 0.05) is 10.7 Å². The molecule has 3 nitrogen and oxygen atoms in total. The number of carbonyl (C=O) groups excluding carboxylic acids is 1. The molecule has 4 heteroatoms.